The van der Waals surface area contributed by atoms with Gasteiger partial charge in [-0.1, -0.05) is 0 Å². The molecule has 2 aliphatic rings. The molecule has 0 saturated carbocycles. The molecule has 0 spiro atoms. The van der Waals surface area contributed by atoms with Crippen LogP contribution in [0.25, 0.3) is 0 Å². The van der Waals surface area contributed by atoms with Crippen LogP contribution in [-0.2, 0) is 4.74 Å². The molecule has 4 nitrogen and oxygen atoms in total. The van der Waals surface area contributed by atoms with Crippen LogP contribution in [0.15, 0.2) is 0 Å². The van der Waals surface area contributed by atoms with Crippen LogP contribution in [0.1, 0.15) is 32.6 Å². The highest BCUT2D eigenvalue weighted by Gasteiger charge is 2.30. The minimum Gasteiger partial charge on any atom is -0.394 e. The van der Waals surface area contributed by atoms with Crippen molar-refractivity contribution < 1.29 is 9.84 Å². The van der Waals surface area contributed by atoms with Crippen molar-refractivity contribution in [3.8, 4) is 0 Å². The lowest BCUT2D eigenvalue weighted by Crippen LogP contribution is -2.46. The van der Waals surface area contributed by atoms with Crippen molar-refractivity contribution in [3.05, 3.63) is 0 Å². The third kappa shape index (κ3) is 3.92. The monoisotopic (exact) mass is 256 g/mol. The third-order valence-corrected chi connectivity index (χ3v) is 4.42. The Hall–Kier alpha value is -0.160. The number of aliphatic hydroxyl groups excluding tert-OH is 1. The molecule has 1 unspecified atom stereocenters. The molecule has 2 aliphatic heterocycles. The SMILES string of the molecule is CC1CCCN1C1CCN(CCOCCO)CC1. The number of likely N-dealkylation sites (tertiary alicyclic amines) is 2. The fourth-order valence-corrected chi connectivity index (χ4v) is 3.33. The quantitative estimate of drug-likeness (QED) is 0.718. The first kappa shape index (κ1) is 14.3. The molecule has 2 saturated heterocycles. The molecule has 1 N–H and O–H groups in total. The molecule has 1 atom stereocenters. The Kier molecular flexibility index (Phi) is 5.89. The molecule has 0 aromatic carbocycles. The van der Waals surface area contributed by atoms with E-state index in [-0.39, 0.29) is 6.61 Å². The van der Waals surface area contributed by atoms with Gasteiger partial charge in [-0.2, -0.15) is 0 Å². The molecule has 106 valence electrons. The first-order valence-corrected chi connectivity index (χ1v) is 7.48. The van der Waals surface area contributed by atoms with E-state index in [0.717, 1.165) is 25.2 Å². The van der Waals surface area contributed by atoms with Gasteiger partial charge in [-0.25, -0.2) is 0 Å². The van der Waals surface area contributed by atoms with Gasteiger partial charge in [0.2, 0.25) is 0 Å². The average molecular weight is 256 g/mol. The summed E-state index contributed by atoms with van der Waals surface area (Å²) in [6, 6.07) is 1.62. The molecule has 0 aliphatic carbocycles. The molecule has 0 radical (unpaired) electrons. The van der Waals surface area contributed by atoms with Crippen LogP contribution in [0.5, 0.6) is 0 Å². The number of hydrogen-bond donors (Lipinski definition) is 1. The van der Waals surface area contributed by atoms with Gasteiger partial charge in [0.15, 0.2) is 0 Å². The standard InChI is InChI=1S/C14H28N2O2/c1-13-3-2-6-16(13)14-4-7-15(8-5-14)9-11-18-12-10-17/h13-14,17H,2-12H2,1H3. The molecule has 0 aromatic heterocycles. The number of aliphatic hydroxyl groups is 1. The van der Waals surface area contributed by atoms with E-state index in [1.54, 1.807) is 0 Å². The zero-order valence-corrected chi connectivity index (χ0v) is 11.7. The molecule has 2 rings (SSSR count). The van der Waals surface area contributed by atoms with Gasteiger partial charge in [0.1, 0.15) is 0 Å². The molecule has 0 amide bonds. The summed E-state index contributed by atoms with van der Waals surface area (Å²) in [5.74, 6) is 0. The molecule has 2 heterocycles. The van der Waals surface area contributed by atoms with Gasteiger partial charge < -0.3 is 14.7 Å². The lowest BCUT2D eigenvalue weighted by molar-refractivity contribution is 0.0543. The van der Waals surface area contributed by atoms with E-state index >= 15 is 0 Å². The van der Waals surface area contributed by atoms with Gasteiger partial charge in [0.25, 0.3) is 0 Å². The summed E-state index contributed by atoms with van der Waals surface area (Å²) in [5.41, 5.74) is 0. The fourth-order valence-electron chi connectivity index (χ4n) is 3.33. The summed E-state index contributed by atoms with van der Waals surface area (Å²) < 4.78 is 5.33. The van der Waals surface area contributed by atoms with E-state index in [9.17, 15) is 0 Å². The summed E-state index contributed by atoms with van der Waals surface area (Å²) in [5, 5.41) is 8.64. The zero-order chi connectivity index (χ0) is 12.8. The van der Waals surface area contributed by atoms with E-state index in [1.165, 1.54) is 45.3 Å². The van der Waals surface area contributed by atoms with Crippen molar-refractivity contribution in [3.63, 3.8) is 0 Å². The average Bonchev–Trinajstić information content (AvgIpc) is 2.82. The Morgan fingerprint density at radius 2 is 1.89 bits per heavy atom. The highest BCUT2D eigenvalue weighted by molar-refractivity contribution is 4.86. The summed E-state index contributed by atoms with van der Waals surface area (Å²) in [7, 11) is 0. The summed E-state index contributed by atoms with van der Waals surface area (Å²) in [6.45, 7) is 8.48. The van der Waals surface area contributed by atoms with Crippen molar-refractivity contribution in [1.82, 2.24) is 9.80 Å². The van der Waals surface area contributed by atoms with E-state index in [0.29, 0.717) is 6.61 Å². The second-order valence-corrected chi connectivity index (χ2v) is 5.64. The van der Waals surface area contributed by atoms with Crippen LogP contribution in [0.2, 0.25) is 0 Å². The van der Waals surface area contributed by atoms with Crippen molar-refractivity contribution in [2.45, 2.75) is 44.7 Å². The first-order valence-electron chi connectivity index (χ1n) is 7.48. The maximum Gasteiger partial charge on any atom is 0.0698 e. The van der Waals surface area contributed by atoms with Gasteiger partial charge in [0, 0.05) is 18.6 Å². The van der Waals surface area contributed by atoms with Crippen molar-refractivity contribution in [2.75, 3.05) is 46.0 Å². The van der Waals surface area contributed by atoms with Crippen LogP contribution < -0.4 is 0 Å². The first-order chi connectivity index (χ1) is 8.81. The number of piperidine rings is 1. The van der Waals surface area contributed by atoms with Gasteiger partial charge in [-0.05, 0) is 52.2 Å². The number of rotatable bonds is 6. The van der Waals surface area contributed by atoms with E-state index in [4.69, 9.17) is 9.84 Å². The molecular weight excluding hydrogens is 228 g/mol. The van der Waals surface area contributed by atoms with Gasteiger partial charge in [0.05, 0.1) is 19.8 Å². The fraction of sp³-hybridized carbons (Fsp3) is 1.00. The van der Waals surface area contributed by atoms with Crippen molar-refractivity contribution in [1.29, 1.82) is 0 Å². The van der Waals surface area contributed by atoms with Gasteiger partial charge >= 0.3 is 0 Å². The summed E-state index contributed by atoms with van der Waals surface area (Å²) in [6.07, 6.45) is 5.39. The second kappa shape index (κ2) is 7.43. The molecular formula is C14H28N2O2. The highest BCUT2D eigenvalue weighted by atomic mass is 16.5. The van der Waals surface area contributed by atoms with E-state index in [2.05, 4.69) is 16.7 Å². The van der Waals surface area contributed by atoms with Crippen LogP contribution in [0.4, 0.5) is 0 Å². The minimum atomic E-state index is 0.134. The van der Waals surface area contributed by atoms with Crippen LogP contribution in [0.3, 0.4) is 0 Å². The number of ether oxygens (including phenoxy) is 1. The minimum absolute atomic E-state index is 0.134. The number of hydrogen-bond acceptors (Lipinski definition) is 4. The summed E-state index contributed by atoms with van der Waals surface area (Å²) >= 11 is 0. The third-order valence-electron chi connectivity index (χ3n) is 4.42. The topological polar surface area (TPSA) is 35.9 Å². The maximum atomic E-state index is 8.64. The van der Waals surface area contributed by atoms with E-state index in [1.807, 2.05) is 0 Å². The Labute approximate surface area is 111 Å². The Balaban J connectivity index is 1.62. The predicted octanol–water partition coefficient (Wildman–Crippen LogP) is 0.944. The Bertz CT molecular complexity index is 230. The molecule has 0 aromatic rings. The molecule has 2 fully saturated rings. The van der Waals surface area contributed by atoms with Crippen LogP contribution >= 0.6 is 0 Å². The van der Waals surface area contributed by atoms with Crippen LogP contribution in [0, 0.1) is 0 Å². The second-order valence-electron chi connectivity index (χ2n) is 5.64. The molecule has 4 heteroatoms. The molecule has 18 heavy (non-hydrogen) atoms. The highest BCUT2D eigenvalue weighted by Crippen LogP contribution is 2.25. The van der Waals surface area contributed by atoms with Gasteiger partial charge in [-0.15, -0.1) is 0 Å². The smallest absolute Gasteiger partial charge is 0.0698 e. The maximum absolute atomic E-state index is 8.64. The normalized spacial score (nSPS) is 28.0. The largest absolute Gasteiger partial charge is 0.394 e. The lowest BCUT2D eigenvalue weighted by atomic mass is 10.0. The summed E-state index contributed by atoms with van der Waals surface area (Å²) in [4.78, 5) is 5.22. The number of nitrogens with zero attached hydrogens (tertiary/aromatic N) is 2. The lowest BCUT2D eigenvalue weighted by Gasteiger charge is -2.38. The van der Waals surface area contributed by atoms with Gasteiger partial charge in [-0.3, -0.25) is 4.90 Å². The van der Waals surface area contributed by atoms with Crippen LogP contribution in [-0.4, -0.2) is 73.0 Å². The van der Waals surface area contributed by atoms with E-state index < -0.39 is 0 Å². The zero-order valence-electron chi connectivity index (χ0n) is 11.7. The van der Waals surface area contributed by atoms with Crippen molar-refractivity contribution in [2.24, 2.45) is 0 Å². The molecule has 0 bridgehead atoms. The predicted molar refractivity (Wildman–Crippen MR) is 72.8 cm³/mol. The Morgan fingerprint density at radius 3 is 2.50 bits per heavy atom. The Morgan fingerprint density at radius 1 is 1.11 bits per heavy atom. The van der Waals surface area contributed by atoms with Crippen molar-refractivity contribution >= 4 is 0 Å².